The van der Waals surface area contributed by atoms with Crippen LogP contribution in [0.5, 0.6) is 5.75 Å². The molecule has 1 heterocycles. The Morgan fingerprint density at radius 1 is 1.18 bits per heavy atom. The van der Waals surface area contributed by atoms with Crippen molar-refractivity contribution in [1.82, 2.24) is 0 Å². The molecule has 0 bridgehead atoms. The standard InChI is InChI=1S/C13H17NO8/c1-6(15)12-10(17)9(16)11(18)13(22-12)21-8-4-2-7(3-5-8)14(19)20/h2-6,9-13,15-18H,1H3/t6?,9-,10+,11+,12+,13+/m0/s1. The Hall–Kier alpha value is -1.78. The van der Waals surface area contributed by atoms with Crippen LogP contribution >= 0.6 is 0 Å². The molecule has 0 aromatic heterocycles. The highest BCUT2D eigenvalue weighted by Crippen LogP contribution is 2.26. The van der Waals surface area contributed by atoms with Crippen LogP contribution in [0.2, 0.25) is 0 Å². The summed E-state index contributed by atoms with van der Waals surface area (Å²) in [5.74, 6) is 0.169. The maximum absolute atomic E-state index is 10.6. The fraction of sp³-hybridized carbons (Fsp3) is 0.538. The van der Waals surface area contributed by atoms with Crippen molar-refractivity contribution in [2.24, 2.45) is 0 Å². The second-order valence-corrected chi connectivity index (χ2v) is 5.05. The third-order valence-corrected chi connectivity index (χ3v) is 3.38. The van der Waals surface area contributed by atoms with Gasteiger partial charge in [-0.3, -0.25) is 10.1 Å². The van der Waals surface area contributed by atoms with Gasteiger partial charge in [-0.25, -0.2) is 0 Å². The van der Waals surface area contributed by atoms with Crippen molar-refractivity contribution in [2.45, 2.75) is 43.7 Å². The van der Waals surface area contributed by atoms with E-state index in [9.17, 15) is 30.5 Å². The van der Waals surface area contributed by atoms with Gasteiger partial charge in [0.1, 0.15) is 30.2 Å². The normalized spacial score (nSPS) is 33.2. The first-order valence-electron chi connectivity index (χ1n) is 6.60. The fourth-order valence-corrected chi connectivity index (χ4v) is 2.15. The molecule has 4 N–H and O–H groups in total. The lowest BCUT2D eigenvalue weighted by molar-refractivity contribution is -0.384. The molecule has 1 aliphatic rings. The molecule has 9 heteroatoms. The Bertz CT molecular complexity index is 519. The van der Waals surface area contributed by atoms with Crippen LogP contribution in [-0.4, -0.2) is 62.2 Å². The molecule has 122 valence electrons. The van der Waals surface area contributed by atoms with Crippen LogP contribution in [0.3, 0.4) is 0 Å². The fourth-order valence-electron chi connectivity index (χ4n) is 2.15. The number of hydrogen-bond acceptors (Lipinski definition) is 8. The number of hydrogen-bond donors (Lipinski definition) is 4. The zero-order chi connectivity index (χ0) is 16.4. The maximum atomic E-state index is 10.6. The van der Waals surface area contributed by atoms with E-state index in [2.05, 4.69) is 0 Å². The first kappa shape index (κ1) is 16.6. The van der Waals surface area contributed by atoms with E-state index >= 15 is 0 Å². The highest BCUT2D eigenvalue weighted by molar-refractivity contribution is 5.36. The van der Waals surface area contributed by atoms with Gasteiger partial charge in [0.2, 0.25) is 6.29 Å². The van der Waals surface area contributed by atoms with Gasteiger partial charge >= 0.3 is 0 Å². The van der Waals surface area contributed by atoms with Gasteiger partial charge in [0, 0.05) is 12.1 Å². The molecule has 1 aromatic rings. The summed E-state index contributed by atoms with van der Waals surface area (Å²) in [7, 11) is 0. The van der Waals surface area contributed by atoms with Crippen molar-refractivity contribution in [3.63, 3.8) is 0 Å². The Labute approximate surface area is 125 Å². The Morgan fingerprint density at radius 3 is 2.27 bits per heavy atom. The average Bonchev–Trinajstić information content (AvgIpc) is 2.48. The number of nitro benzene ring substituents is 1. The minimum Gasteiger partial charge on any atom is -0.462 e. The number of ether oxygens (including phenoxy) is 2. The van der Waals surface area contributed by atoms with Crippen LogP contribution in [0, 0.1) is 10.1 Å². The number of benzene rings is 1. The predicted octanol–water partition coefficient (Wildman–Crippen LogP) is -0.838. The van der Waals surface area contributed by atoms with Gasteiger partial charge in [0.05, 0.1) is 11.0 Å². The quantitative estimate of drug-likeness (QED) is 0.416. The molecule has 0 spiro atoms. The highest BCUT2D eigenvalue weighted by Gasteiger charge is 2.46. The van der Waals surface area contributed by atoms with Gasteiger partial charge in [-0.05, 0) is 19.1 Å². The first-order chi connectivity index (χ1) is 10.3. The largest absolute Gasteiger partial charge is 0.462 e. The lowest BCUT2D eigenvalue weighted by Crippen LogP contribution is -2.61. The summed E-state index contributed by atoms with van der Waals surface area (Å²) in [5.41, 5.74) is -0.130. The predicted molar refractivity (Wildman–Crippen MR) is 72.1 cm³/mol. The van der Waals surface area contributed by atoms with Crippen molar-refractivity contribution < 1.29 is 34.8 Å². The van der Waals surface area contributed by atoms with E-state index < -0.39 is 41.7 Å². The molecule has 0 aliphatic carbocycles. The number of aliphatic hydroxyl groups excluding tert-OH is 4. The molecule has 9 nitrogen and oxygen atoms in total. The molecule has 1 aromatic carbocycles. The summed E-state index contributed by atoms with van der Waals surface area (Å²) in [6.07, 6.45) is -8.13. The van der Waals surface area contributed by atoms with Crippen molar-refractivity contribution in [1.29, 1.82) is 0 Å². The smallest absolute Gasteiger partial charge is 0.269 e. The summed E-state index contributed by atoms with van der Waals surface area (Å²) in [6, 6.07) is 5.04. The molecule has 2 rings (SSSR count). The van der Waals surface area contributed by atoms with E-state index in [1.165, 1.54) is 31.2 Å². The number of nitro groups is 1. The molecule has 1 unspecified atom stereocenters. The monoisotopic (exact) mass is 315 g/mol. The highest BCUT2D eigenvalue weighted by atomic mass is 16.7. The van der Waals surface area contributed by atoms with E-state index in [0.29, 0.717) is 0 Å². The number of aliphatic hydroxyl groups is 4. The van der Waals surface area contributed by atoms with Crippen LogP contribution in [0.4, 0.5) is 5.69 Å². The molecule has 1 fully saturated rings. The average molecular weight is 315 g/mol. The van der Waals surface area contributed by atoms with Crippen LogP contribution in [-0.2, 0) is 4.74 Å². The van der Waals surface area contributed by atoms with Gasteiger partial charge < -0.3 is 29.9 Å². The molecule has 1 saturated heterocycles. The summed E-state index contributed by atoms with van der Waals surface area (Å²) >= 11 is 0. The van der Waals surface area contributed by atoms with Crippen molar-refractivity contribution >= 4 is 5.69 Å². The van der Waals surface area contributed by atoms with Gasteiger partial charge in [-0.1, -0.05) is 0 Å². The minimum atomic E-state index is -1.56. The summed E-state index contributed by atoms with van der Waals surface area (Å²) in [5, 5.41) is 49.5. The van der Waals surface area contributed by atoms with Crippen molar-refractivity contribution in [2.75, 3.05) is 0 Å². The van der Waals surface area contributed by atoms with Crippen LogP contribution in [0.25, 0.3) is 0 Å². The number of non-ortho nitro benzene ring substituents is 1. The van der Waals surface area contributed by atoms with E-state index in [4.69, 9.17) is 9.47 Å². The summed E-state index contributed by atoms with van der Waals surface area (Å²) in [6.45, 7) is 1.36. The number of rotatable bonds is 4. The lowest BCUT2D eigenvalue weighted by Gasteiger charge is -2.41. The SMILES string of the molecule is CC(O)[C@H]1O[C@@H](Oc2ccc([N+](=O)[O-])cc2)[C@H](O)[C@@H](O)[C@H]1O. The van der Waals surface area contributed by atoms with Crippen LogP contribution in [0.1, 0.15) is 6.92 Å². The first-order valence-corrected chi connectivity index (χ1v) is 6.60. The molecule has 0 saturated carbocycles. The van der Waals surface area contributed by atoms with Crippen LogP contribution < -0.4 is 4.74 Å². The molecule has 1 aliphatic heterocycles. The van der Waals surface area contributed by atoms with Gasteiger partial charge in [-0.15, -0.1) is 0 Å². The van der Waals surface area contributed by atoms with E-state index in [1.807, 2.05) is 0 Å². The summed E-state index contributed by atoms with van der Waals surface area (Å²) in [4.78, 5) is 9.99. The van der Waals surface area contributed by atoms with Gasteiger partial charge in [0.25, 0.3) is 5.69 Å². The third kappa shape index (κ3) is 3.34. The number of nitrogens with zero attached hydrogens (tertiary/aromatic N) is 1. The minimum absolute atomic E-state index is 0.130. The van der Waals surface area contributed by atoms with Crippen LogP contribution in [0.15, 0.2) is 24.3 Å². The van der Waals surface area contributed by atoms with E-state index in [1.54, 1.807) is 0 Å². The Morgan fingerprint density at radius 2 is 1.77 bits per heavy atom. The molecule has 22 heavy (non-hydrogen) atoms. The molecular weight excluding hydrogens is 298 g/mol. The second kappa shape index (κ2) is 6.55. The zero-order valence-electron chi connectivity index (χ0n) is 11.6. The van der Waals surface area contributed by atoms with E-state index in [0.717, 1.165) is 0 Å². The van der Waals surface area contributed by atoms with E-state index in [-0.39, 0.29) is 11.4 Å². The zero-order valence-corrected chi connectivity index (χ0v) is 11.6. The lowest BCUT2D eigenvalue weighted by atomic mass is 9.96. The topological polar surface area (TPSA) is 143 Å². The molecule has 6 atom stereocenters. The third-order valence-electron chi connectivity index (χ3n) is 3.38. The Kier molecular flexibility index (Phi) is 4.94. The van der Waals surface area contributed by atoms with Crippen molar-refractivity contribution in [3.8, 4) is 5.75 Å². The summed E-state index contributed by atoms with van der Waals surface area (Å²) < 4.78 is 10.6. The molecular formula is C13H17NO8. The second-order valence-electron chi connectivity index (χ2n) is 5.05. The van der Waals surface area contributed by atoms with Gasteiger partial charge in [0.15, 0.2) is 0 Å². The van der Waals surface area contributed by atoms with Gasteiger partial charge in [-0.2, -0.15) is 0 Å². The Balaban J connectivity index is 2.11. The maximum Gasteiger partial charge on any atom is 0.269 e. The van der Waals surface area contributed by atoms with Crippen molar-refractivity contribution in [3.05, 3.63) is 34.4 Å². The molecule has 0 radical (unpaired) electrons. The molecule has 0 amide bonds.